The van der Waals surface area contributed by atoms with E-state index in [4.69, 9.17) is 23.2 Å². The Balaban J connectivity index is 2.27. The van der Waals surface area contributed by atoms with Gasteiger partial charge in [0.2, 0.25) is 0 Å². The number of hydrogen-bond acceptors (Lipinski definition) is 2. The summed E-state index contributed by atoms with van der Waals surface area (Å²) in [5.74, 6) is 0.0000228. The highest BCUT2D eigenvalue weighted by molar-refractivity contribution is 6.34. The maximum Gasteiger partial charge on any atom is 0.161 e. The summed E-state index contributed by atoms with van der Waals surface area (Å²) < 4.78 is 13.7. The van der Waals surface area contributed by atoms with Crippen LogP contribution in [0.5, 0.6) is 0 Å². The van der Waals surface area contributed by atoms with E-state index in [0.717, 1.165) is 11.1 Å². The van der Waals surface area contributed by atoms with Crippen molar-refractivity contribution in [3.8, 4) is 11.4 Å². The maximum atomic E-state index is 13.7. The van der Waals surface area contributed by atoms with Crippen molar-refractivity contribution < 1.29 is 4.39 Å². The Morgan fingerprint density at radius 2 is 1.85 bits per heavy atom. The highest BCUT2D eigenvalue weighted by Crippen LogP contribution is 2.28. The standard InChI is InChI=1S/C15H9Cl2FN2/c1-8-5-9(7-10(16)6-8)15-19-12-4-2-3-11(18)13(12)14(17)20-15/h2-7H,1H3. The number of fused-ring (bicyclic) bond motifs is 1. The van der Waals surface area contributed by atoms with Crippen LogP contribution in [0.15, 0.2) is 36.4 Å². The molecule has 0 aliphatic heterocycles. The van der Waals surface area contributed by atoms with Crippen LogP contribution in [0, 0.1) is 12.7 Å². The molecule has 0 fully saturated rings. The van der Waals surface area contributed by atoms with E-state index in [1.54, 1.807) is 18.2 Å². The molecule has 5 heteroatoms. The third-order valence-corrected chi connectivity index (χ3v) is 3.42. The molecule has 0 aliphatic rings. The molecule has 2 nitrogen and oxygen atoms in total. The van der Waals surface area contributed by atoms with E-state index >= 15 is 0 Å². The zero-order valence-electron chi connectivity index (χ0n) is 10.5. The van der Waals surface area contributed by atoms with Crippen LogP contribution >= 0.6 is 23.2 Å². The van der Waals surface area contributed by atoms with Crippen LogP contribution in [-0.2, 0) is 0 Å². The molecule has 20 heavy (non-hydrogen) atoms. The summed E-state index contributed by atoms with van der Waals surface area (Å²) in [5.41, 5.74) is 2.22. The van der Waals surface area contributed by atoms with Gasteiger partial charge in [-0.05, 0) is 42.8 Å². The number of aromatic nitrogens is 2. The molecule has 0 spiro atoms. The molecule has 100 valence electrons. The van der Waals surface area contributed by atoms with E-state index in [1.165, 1.54) is 6.07 Å². The van der Waals surface area contributed by atoms with E-state index in [2.05, 4.69) is 9.97 Å². The quantitative estimate of drug-likeness (QED) is 0.588. The van der Waals surface area contributed by atoms with Crippen LogP contribution in [-0.4, -0.2) is 9.97 Å². The van der Waals surface area contributed by atoms with Gasteiger partial charge in [-0.15, -0.1) is 0 Å². The first-order valence-electron chi connectivity index (χ1n) is 5.94. The molecule has 1 heterocycles. The number of rotatable bonds is 1. The zero-order valence-corrected chi connectivity index (χ0v) is 12.0. The topological polar surface area (TPSA) is 25.8 Å². The molecule has 0 saturated heterocycles. The predicted molar refractivity (Wildman–Crippen MR) is 79.7 cm³/mol. The molecule has 0 saturated carbocycles. The number of nitrogens with zero attached hydrogens (tertiary/aromatic N) is 2. The molecule has 3 aromatic rings. The van der Waals surface area contributed by atoms with Crippen molar-refractivity contribution in [2.45, 2.75) is 6.92 Å². The third-order valence-electron chi connectivity index (χ3n) is 2.93. The number of hydrogen-bond donors (Lipinski definition) is 0. The lowest BCUT2D eigenvalue weighted by atomic mass is 10.1. The third kappa shape index (κ3) is 2.35. The molecule has 0 atom stereocenters. The van der Waals surface area contributed by atoms with Gasteiger partial charge in [0.25, 0.3) is 0 Å². The van der Waals surface area contributed by atoms with Gasteiger partial charge in [0, 0.05) is 10.6 Å². The molecule has 0 aliphatic carbocycles. The minimum absolute atomic E-state index is 0.0979. The normalized spacial score (nSPS) is 11.0. The van der Waals surface area contributed by atoms with Crippen molar-refractivity contribution in [2.75, 3.05) is 0 Å². The van der Waals surface area contributed by atoms with Gasteiger partial charge in [0.05, 0.1) is 10.9 Å². The summed E-state index contributed by atoms with van der Waals surface area (Å²) in [7, 11) is 0. The summed E-state index contributed by atoms with van der Waals surface area (Å²) in [6.45, 7) is 1.93. The molecule has 0 amide bonds. The van der Waals surface area contributed by atoms with Crippen LogP contribution in [0.3, 0.4) is 0 Å². The van der Waals surface area contributed by atoms with Gasteiger partial charge in [0.15, 0.2) is 5.82 Å². The van der Waals surface area contributed by atoms with E-state index in [-0.39, 0.29) is 10.5 Å². The van der Waals surface area contributed by atoms with Gasteiger partial charge in [-0.2, -0.15) is 0 Å². The van der Waals surface area contributed by atoms with E-state index in [9.17, 15) is 4.39 Å². The Hall–Kier alpha value is -1.71. The number of halogens is 3. The minimum Gasteiger partial charge on any atom is -0.228 e. The summed E-state index contributed by atoms with van der Waals surface area (Å²) in [6, 6.07) is 10.1. The molecule has 0 bridgehead atoms. The Morgan fingerprint density at radius 3 is 2.60 bits per heavy atom. The molecular formula is C15H9Cl2FN2. The van der Waals surface area contributed by atoms with Crippen LogP contribution in [0.1, 0.15) is 5.56 Å². The second kappa shape index (κ2) is 5.00. The summed E-state index contributed by atoms with van der Waals surface area (Å²) in [5, 5.41) is 0.927. The molecule has 1 aromatic heterocycles. The van der Waals surface area contributed by atoms with Crippen molar-refractivity contribution in [3.63, 3.8) is 0 Å². The van der Waals surface area contributed by atoms with Gasteiger partial charge in [-0.3, -0.25) is 0 Å². The molecule has 3 rings (SSSR count). The van der Waals surface area contributed by atoms with Gasteiger partial charge in [-0.1, -0.05) is 29.3 Å². The van der Waals surface area contributed by atoms with Crippen molar-refractivity contribution in [1.82, 2.24) is 9.97 Å². The highest BCUT2D eigenvalue weighted by Gasteiger charge is 2.12. The van der Waals surface area contributed by atoms with Gasteiger partial charge >= 0.3 is 0 Å². The fraction of sp³-hybridized carbons (Fsp3) is 0.0667. The molecule has 2 aromatic carbocycles. The molecular weight excluding hydrogens is 298 g/mol. The van der Waals surface area contributed by atoms with Crippen molar-refractivity contribution in [1.29, 1.82) is 0 Å². The summed E-state index contributed by atoms with van der Waals surface area (Å²) in [6.07, 6.45) is 0. The van der Waals surface area contributed by atoms with Crippen molar-refractivity contribution >= 4 is 34.1 Å². The van der Waals surface area contributed by atoms with Crippen LogP contribution in [0.4, 0.5) is 4.39 Å². The second-order valence-electron chi connectivity index (χ2n) is 4.49. The summed E-state index contributed by atoms with van der Waals surface area (Å²) >= 11 is 12.1. The van der Waals surface area contributed by atoms with Gasteiger partial charge in [0.1, 0.15) is 11.0 Å². The average molecular weight is 307 g/mol. The van der Waals surface area contributed by atoms with Crippen LogP contribution < -0.4 is 0 Å². The van der Waals surface area contributed by atoms with E-state index in [1.807, 2.05) is 19.1 Å². The lowest BCUT2D eigenvalue weighted by Crippen LogP contribution is -1.94. The largest absolute Gasteiger partial charge is 0.228 e. The molecule has 0 N–H and O–H groups in total. The first-order valence-corrected chi connectivity index (χ1v) is 6.69. The molecule has 0 unspecified atom stereocenters. The van der Waals surface area contributed by atoms with Crippen LogP contribution in [0.2, 0.25) is 10.2 Å². The fourth-order valence-corrected chi connectivity index (χ4v) is 2.65. The van der Waals surface area contributed by atoms with Crippen molar-refractivity contribution in [2.24, 2.45) is 0 Å². The van der Waals surface area contributed by atoms with Gasteiger partial charge < -0.3 is 0 Å². The zero-order chi connectivity index (χ0) is 14.3. The number of benzene rings is 2. The SMILES string of the molecule is Cc1cc(Cl)cc(-c2nc(Cl)c3c(F)cccc3n2)c1. The first kappa shape index (κ1) is 13.3. The first-order chi connectivity index (χ1) is 9.54. The fourth-order valence-electron chi connectivity index (χ4n) is 2.09. The Labute approximate surface area is 125 Å². The Bertz CT molecular complexity index is 798. The number of aryl methyl sites for hydroxylation is 1. The monoisotopic (exact) mass is 306 g/mol. The average Bonchev–Trinajstić information content (AvgIpc) is 2.37. The predicted octanol–water partition coefficient (Wildman–Crippen LogP) is 5.05. The lowest BCUT2D eigenvalue weighted by molar-refractivity contribution is 0.639. The lowest BCUT2D eigenvalue weighted by Gasteiger charge is -2.06. The van der Waals surface area contributed by atoms with Gasteiger partial charge in [-0.25, -0.2) is 14.4 Å². The summed E-state index contributed by atoms with van der Waals surface area (Å²) in [4.78, 5) is 8.53. The molecule has 0 radical (unpaired) electrons. The maximum absolute atomic E-state index is 13.7. The minimum atomic E-state index is -0.429. The Kier molecular flexibility index (Phi) is 3.32. The van der Waals surface area contributed by atoms with E-state index < -0.39 is 5.82 Å². The smallest absolute Gasteiger partial charge is 0.161 e. The highest BCUT2D eigenvalue weighted by atomic mass is 35.5. The second-order valence-corrected chi connectivity index (χ2v) is 5.28. The van der Waals surface area contributed by atoms with Crippen molar-refractivity contribution in [3.05, 3.63) is 58.0 Å². The van der Waals surface area contributed by atoms with Crippen LogP contribution in [0.25, 0.3) is 22.3 Å². The Morgan fingerprint density at radius 1 is 1.05 bits per heavy atom. The van der Waals surface area contributed by atoms with E-state index in [0.29, 0.717) is 16.4 Å².